The van der Waals surface area contributed by atoms with Gasteiger partial charge >= 0.3 is 0 Å². The van der Waals surface area contributed by atoms with Gasteiger partial charge in [-0.3, -0.25) is 9.48 Å². The predicted octanol–water partition coefficient (Wildman–Crippen LogP) is 2.19. The maximum Gasteiger partial charge on any atom is 0.253 e. The number of rotatable bonds is 5. The Labute approximate surface area is 143 Å². The van der Waals surface area contributed by atoms with Crippen LogP contribution < -0.4 is 5.32 Å². The molecule has 1 N–H and O–H groups in total. The van der Waals surface area contributed by atoms with Gasteiger partial charge in [-0.05, 0) is 58.8 Å². The number of amides is 1. The van der Waals surface area contributed by atoms with Gasteiger partial charge in [0, 0.05) is 19.0 Å². The van der Waals surface area contributed by atoms with Gasteiger partial charge in [0.15, 0.2) is 5.65 Å². The number of piperidine rings is 1. The lowest BCUT2D eigenvalue weighted by atomic mass is 10.1. The van der Waals surface area contributed by atoms with E-state index in [1.807, 2.05) is 27.0 Å². The first-order valence-electron chi connectivity index (χ1n) is 8.88. The standard InChI is InChI=1S/C18H27N5O/c1-13-16(12-15-14(2)21-22(3)17(15)20-13)18(24)19-8-7-11-23-9-5-4-6-10-23/h12H,4-11H2,1-3H3,(H,19,24). The van der Waals surface area contributed by atoms with E-state index < -0.39 is 0 Å². The average Bonchev–Trinajstić information content (AvgIpc) is 2.85. The van der Waals surface area contributed by atoms with Crippen LogP contribution in [-0.2, 0) is 7.05 Å². The zero-order valence-corrected chi connectivity index (χ0v) is 14.9. The predicted molar refractivity (Wildman–Crippen MR) is 95.2 cm³/mol. The van der Waals surface area contributed by atoms with E-state index in [0.717, 1.165) is 35.4 Å². The monoisotopic (exact) mass is 329 g/mol. The van der Waals surface area contributed by atoms with Crippen molar-refractivity contribution in [2.45, 2.75) is 39.5 Å². The lowest BCUT2D eigenvalue weighted by Crippen LogP contribution is -2.33. The van der Waals surface area contributed by atoms with Gasteiger partial charge in [-0.2, -0.15) is 5.10 Å². The van der Waals surface area contributed by atoms with Crippen molar-refractivity contribution in [1.82, 2.24) is 25.0 Å². The molecule has 1 aliphatic rings. The third-order valence-electron chi connectivity index (χ3n) is 4.82. The van der Waals surface area contributed by atoms with E-state index in [2.05, 4.69) is 20.3 Å². The zero-order chi connectivity index (χ0) is 17.1. The van der Waals surface area contributed by atoms with Crippen molar-refractivity contribution in [3.8, 4) is 0 Å². The number of aromatic nitrogens is 3. The highest BCUT2D eigenvalue weighted by Gasteiger charge is 2.15. The topological polar surface area (TPSA) is 63.1 Å². The molecule has 0 aromatic carbocycles. The van der Waals surface area contributed by atoms with Crippen molar-refractivity contribution in [1.29, 1.82) is 0 Å². The number of hydrogen-bond acceptors (Lipinski definition) is 4. The van der Waals surface area contributed by atoms with E-state index in [4.69, 9.17) is 0 Å². The normalized spacial score (nSPS) is 15.8. The summed E-state index contributed by atoms with van der Waals surface area (Å²) in [5.74, 6) is -0.0382. The quantitative estimate of drug-likeness (QED) is 0.854. The summed E-state index contributed by atoms with van der Waals surface area (Å²) in [7, 11) is 1.88. The fourth-order valence-electron chi connectivity index (χ4n) is 3.44. The molecular weight excluding hydrogens is 302 g/mol. The van der Waals surface area contributed by atoms with Gasteiger partial charge in [0.05, 0.1) is 17.0 Å². The number of fused-ring (bicyclic) bond motifs is 1. The number of nitrogens with zero attached hydrogens (tertiary/aromatic N) is 4. The van der Waals surface area contributed by atoms with E-state index in [-0.39, 0.29) is 5.91 Å². The van der Waals surface area contributed by atoms with Gasteiger partial charge in [-0.1, -0.05) is 6.42 Å². The lowest BCUT2D eigenvalue weighted by molar-refractivity contribution is 0.0950. The summed E-state index contributed by atoms with van der Waals surface area (Å²) in [6, 6.07) is 1.92. The van der Waals surface area contributed by atoms with Crippen LogP contribution in [0.1, 0.15) is 47.4 Å². The van der Waals surface area contributed by atoms with E-state index in [1.165, 1.54) is 32.4 Å². The minimum Gasteiger partial charge on any atom is -0.352 e. The Bertz CT molecular complexity index is 731. The van der Waals surface area contributed by atoms with Crippen LogP contribution in [0.2, 0.25) is 0 Å². The molecule has 6 heteroatoms. The van der Waals surface area contributed by atoms with Crippen LogP contribution in [0.25, 0.3) is 11.0 Å². The highest BCUT2D eigenvalue weighted by atomic mass is 16.1. The first kappa shape index (κ1) is 16.9. The second-order valence-corrected chi connectivity index (χ2v) is 6.71. The average molecular weight is 329 g/mol. The number of nitrogens with one attached hydrogen (secondary N) is 1. The molecule has 1 amide bonds. The highest BCUT2D eigenvalue weighted by Crippen LogP contribution is 2.19. The molecule has 0 spiro atoms. The third kappa shape index (κ3) is 3.59. The van der Waals surface area contributed by atoms with Gasteiger partial charge in [0.2, 0.25) is 0 Å². The molecule has 1 aliphatic heterocycles. The Morgan fingerprint density at radius 2 is 1.96 bits per heavy atom. The van der Waals surface area contributed by atoms with Crippen LogP contribution in [0.5, 0.6) is 0 Å². The molecule has 6 nitrogen and oxygen atoms in total. The molecule has 0 aliphatic carbocycles. The number of carbonyl (C=O) groups is 1. The Kier molecular flexibility index (Phi) is 5.14. The van der Waals surface area contributed by atoms with Crippen LogP contribution >= 0.6 is 0 Å². The first-order valence-corrected chi connectivity index (χ1v) is 8.88. The Morgan fingerprint density at radius 3 is 2.71 bits per heavy atom. The lowest BCUT2D eigenvalue weighted by Gasteiger charge is -2.26. The van der Waals surface area contributed by atoms with E-state index in [1.54, 1.807) is 4.68 Å². The van der Waals surface area contributed by atoms with Crippen molar-refractivity contribution in [2.24, 2.45) is 7.05 Å². The van der Waals surface area contributed by atoms with Crippen molar-refractivity contribution in [3.63, 3.8) is 0 Å². The SMILES string of the molecule is Cc1nc2c(cc1C(=O)NCCCN1CCCCC1)c(C)nn2C. The summed E-state index contributed by atoms with van der Waals surface area (Å²) in [4.78, 5) is 19.5. The molecule has 0 atom stereocenters. The Morgan fingerprint density at radius 1 is 1.21 bits per heavy atom. The van der Waals surface area contributed by atoms with Crippen LogP contribution in [0.4, 0.5) is 0 Å². The maximum atomic E-state index is 12.5. The third-order valence-corrected chi connectivity index (χ3v) is 4.82. The number of likely N-dealkylation sites (tertiary alicyclic amines) is 1. The van der Waals surface area contributed by atoms with Crippen LogP contribution in [0.3, 0.4) is 0 Å². The molecule has 1 fully saturated rings. The molecule has 0 saturated carbocycles. The molecule has 2 aromatic heterocycles. The minimum absolute atomic E-state index is 0.0382. The number of carbonyl (C=O) groups excluding carboxylic acids is 1. The van der Waals surface area contributed by atoms with E-state index in [9.17, 15) is 4.79 Å². The van der Waals surface area contributed by atoms with E-state index >= 15 is 0 Å². The minimum atomic E-state index is -0.0382. The molecule has 130 valence electrons. The fraction of sp³-hybridized carbons (Fsp3) is 0.611. The van der Waals surface area contributed by atoms with Gasteiger partial charge < -0.3 is 10.2 Å². The van der Waals surface area contributed by atoms with Crippen molar-refractivity contribution in [3.05, 3.63) is 23.0 Å². The fourth-order valence-corrected chi connectivity index (χ4v) is 3.44. The van der Waals surface area contributed by atoms with Crippen LogP contribution in [0, 0.1) is 13.8 Å². The molecular formula is C18H27N5O. The van der Waals surface area contributed by atoms with Gasteiger partial charge in [-0.25, -0.2) is 4.98 Å². The molecule has 0 radical (unpaired) electrons. The van der Waals surface area contributed by atoms with Crippen molar-refractivity contribution < 1.29 is 4.79 Å². The smallest absolute Gasteiger partial charge is 0.253 e. The highest BCUT2D eigenvalue weighted by molar-refractivity contribution is 5.98. The molecule has 0 bridgehead atoms. The second-order valence-electron chi connectivity index (χ2n) is 6.71. The van der Waals surface area contributed by atoms with Crippen LogP contribution in [0.15, 0.2) is 6.07 Å². The first-order chi connectivity index (χ1) is 11.6. The van der Waals surface area contributed by atoms with Gasteiger partial charge in [-0.15, -0.1) is 0 Å². The van der Waals surface area contributed by atoms with Crippen LogP contribution in [-0.4, -0.2) is 51.8 Å². The van der Waals surface area contributed by atoms with Gasteiger partial charge in [0.1, 0.15) is 0 Å². The second kappa shape index (κ2) is 7.30. The summed E-state index contributed by atoms with van der Waals surface area (Å²) >= 11 is 0. The van der Waals surface area contributed by atoms with Crippen molar-refractivity contribution in [2.75, 3.05) is 26.2 Å². The molecule has 2 aromatic rings. The van der Waals surface area contributed by atoms with Crippen molar-refractivity contribution >= 4 is 16.9 Å². The number of pyridine rings is 1. The summed E-state index contributed by atoms with van der Waals surface area (Å²) in [6.07, 6.45) is 4.96. The van der Waals surface area contributed by atoms with E-state index in [0.29, 0.717) is 12.1 Å². The zero-order valence-electron chi connectivity index (χ0n) is 14.9. The maximum absolute atomic E-state index is 12.5. The number of aryl methyl sites for hydroxylation is 3. The molecule has 3 heterocycles. The van der Waals surface area contributed by atoms with Gasteiger partial charge in [0.25, 0.3) is 5.91 Å². The Hall–Kier alpha value is -1.95. The Balaban J connectivity index is 1.59. The summed E-state index contributed by atoms with van der Waals surface area (Å²) in [5, 5.41) is 8.36. The largest absolute Gasteiger partial charge is 0.352 e. The molecule has 24 heavy (non-hydrogen) atoms. The summed E-state index contributed by atoms with van der Waals surface area (Å²) < 4.78 is 1.76. The number of hydrogen-bond donors (Lipinski definition) is 1. The molecule has 0 unspecified atom stereocenters. The molecule has 3 rings (SSSR count). The molecule has 1 saturated heterocycles. The summed E-state index contributed by atoms with van der Waals surface area (Å²) in [6.45, 7) is 8.00. The summed E-state index contributed by atoms with van der Waals surface area (Å²) in [5.41, 5.74) is 3.13.